The summed E-state index contributed by atoms with van der Waals surface area (Å²) < 4.78 is 0. The number of rotatable bonds is 3. The van der Waals surface area contributed by atoms with Gasteiger partial charge in [0.05, 0.1) is 0 Å². The first-order valence-corrected chi connectivity index (χ1v) is 8.29. The van der Waals surface area contributed by atoms with Crippen molar-refractivity contribution in [2.75, 3.05) is 18.4 Å². The number of likely N-dealkylation sites (tertiary alicyclic amines) is 1. The SMILES string of the molecule is Cc1cc(=O)[nH]c(NC2CCN(C3CCCCC3)CC2)n1. The molecule has 0 aromatic carbocycles. The van der Waals surface area contributed by atoms with Crippen molar-refractivity contribution in [2.45, 2.75) is 64.0 Å². The number of aromatic nitrogens is 2. The molecule has 1 saturated carbocycles. The van der Waals surface area contributed by atoms with Crippen LogP contribution >= 0.6 is 0 Å². The van der Waals surface area contributed by atoms with Crippen LogP contribution in [0.15, 0.2) is 10.9 Å². The summed E-state index contributed by atoms with van der Waals surface area (Å²) in [6.07, 6.45) is 9.24. The van der Waals surface area contributed by atoms with Gasteiger partial charge in [0.15, 0.2) is 0 Å². The van der Waals surface area contributed by atoms with E-state index in [0.717, 1.165) is 24.6 Å². The highest BCUT2D eigenvalue weighted by Crippen LogP contribution is 2.25. The third-order valence-corrected chi connectivity index (χ3v) is 4.83. The molecule has 1 aromatic heterocycles. The normalized spacial score (nSPS) is 22.3. The monoisotopic (exact) mass is 290 g/mol. The third-order valence-electron chi connectivity index (χ3n) is 4.83. The Bertz CT molecular complexity index is 513. The Hall–Kier alpha value is -1.36. The van der Waals surface area contributed by atoms with Gasteiger partial charge in [-0.2, -0.15) is 0 Å². The molecule has 2 heterocycles. The minimum Gasteiger partial charge on any atom is -0.353 e. The lowest BCUT2D eigenvalue weighted by Gasteiger charge is -2.39. The maximum Gasteiger partial charge on any atom is 0.252 e. The highest BCUT2D eigenvalue weighted by atomic mass is 16.1. The van der Waals surface area contributed by atoms with Crippen LogP contribution in [0.1, 0.15) is 50.6 Å². The lowest BCUT2D eigenvalue weighted by molar-refractivity contribution is 0.126. The first-order chi connectivity index (χ1) is 10.2. The topological polar surface area (TPSA) is 61.0 Å². The fourth-order valence-electron chi connectivity index (χ4n) is 3.70. The van der Waals surface area contributed by atoms with Crippen LogP contribution in [0.4, 0.5) is 5.95 Å². The molecule has 1 saturated heterocycles. The predicted molar refractivity (Wildman–Crippen MR) is 84.7 cm³/mol. The molecule has 2 fully saturated rings. The Labute approximate surface area is 126 Å². The highest BCUT2D eigenvalue weighted by molar-refractivity contribution is 5.26. The molecule has 5 nitrogen and oxygen atoms in total. The quantitative estimate of drug-likeness (QED) is 0.896. The van der Waals surface area contributed by atoms with Gasteiger partial charge in [-0.05, 0) is 32.6 Å². The predicted octanol–water partition coefficient (Wildman–Crippen LogP) is 2.29. The molecule has 1 aliphatic carbocycles. The highest BCUT2D eigenvalue weighted by Gasteiger charge is 2.26. The lowest BCUT2D eigenvalue weighted by Crippen LogP contribution is -2.45. The van der Waals surface area contributed by atoms with E-state index in [0.29, 0.717) is 12.0 Å². The van der Waals surface area contributed by atoms with Crippen molar-refractivity contribution in [1.29, 1.82) is 0 Å². The molecule has 21 heavy (non-hydrogen) atoms. The average molecular weight is 290 g/mol. The Morgan fingerprint density at radius 1 is 1.19 bits per heavy atom. The van der Waals surface area contributed by atoms with Crippen molar-refractivity contribution in [2.24, 2.45) is 0 Å². The van der Waals surface area contributed by atoms with Crippen molar-refractivity contribution in [3.05, 3.63) is 22.1 Å². The van der Waals surface area contributed by atoms with E-state index in [2.05, 4.69) is 20.2 Å². The Morgan fingerprint density at radius 3 is 2.57 bits per heavy atom. The van der Waals surface area contributed by atoms with Crippen LogP contribution in [0.25, 0.3) is 0 Å². The molecular formula is C16H26N4O. The van der Waals surface area contributed by atoms with Gasteiger partial charge >= 0.3 is 0 Å². The van der Waals surface area contributed by atoms with E-state index in [1.54, 1.807) is 0 Å². The zero-order valence-electron chi connectivity index (χ0n) is 12.9. The molecular weight excluding hydrogens is 264 g/mol. The standard InChI is InChI=1S/C16H26N4O/c1-12-11-15(21)19-16(17-12)18-13-7-9-20(10-8-13)14-5-3-2-4-6-14/h11,13-14H,2-10H2,1H3,(H2,17,18,19,21). The van der Waals surface area contributed by atoms with Crippen molar-refractivity contribution in [3.8, 4) is 0 Å². The number of hydrogen-bond donors (Lipinski definition) is 2. The van der Waals surface area contributed by atoms with Crippen LogP contribution in [0, 0.1) is 6.92 Å². The van der Waals surface area contributed by atoms with Gasteiger partial charge in [0, 0.05) is 36.9 Å². The first kappa shape index (κ1) is 14.6. The van der Waals surface area contributed by atoms with Crippen LogP contribution in [-0.4, -0.2) is 40.0 Å². The molecule has 0 radical (unpaired) electrons. The molecule has 1 aromatic rings. The van der Waals surface area contributed by atoms with Gasteiger partial charge in [-0.15, -0.1) is 0 Å². The summed E-state index contributed by atoms with van der Waals surface area (Å²) >= 11 is 0. The number of aryl methyl sites for hydroxylation is 1. The number of H-pyrrole nitrogens is 1. The lowest BCUT2D eigenvalue weighted by atomic mass is 9.92. The Morgan fingerprint density at radius 2 is 1.90 bits per heavy atom. The van der Waals surface area contributed by atoms with Gasteiger partial charge in [0.1, 0.15) is 0 Å². The number of nitrogens with one attached hydrogen (secondary N) is 2. The van der Waals surface area contributed by atoms with E-state index in [1.165, 1.54) is 51.3 Å². The number of hydrogen-bond acceptors (Lipinski definition) is 4. The molecule has 0 spiro atoms. The van der Waals surface area contributed by atoms with E-state index in [1.807, 2.05) is 6.92 Å². The van der Waals surface area contributed by atoms with Crippen molar-refractivity contribution in [3.63, 3.8) is 0 Å². The van der Waals surface area contributed by atoms with Gasteiger partial charge < -0.3 is 10.2 Å². The molecule has 0 bridgehead atoms. The Balaban J connectivity index is 1.52. The summed E-state index contributed by atoms with van der Waals surface area (Å²) in [6.45, 7) is 4.18. The zero-order valence-corrected chi connectivity index (χ0v) is 12.9. The smallest absolute Gasteiger partial charge is 0.252 e. The van der Waals surface area contributed by atoms with E-state index < -0.39 is 0 Å². The number of piperidine rings is 1. The van der Waals surface area contributed by atoms with Gasteiger partial charge in [0.25, 0.3) is 5.56 Å². The fraction of sp³-hybridized carbons (Fsp3) is 0.750. The number of nitrogens with zero attached hydrogens (tertiary/aromatic N) is 2. The number of aromatic amines is 1. The summed E-state index contributed by atoms with van der Waals surface area (Å²) in [5.41, 5.74) is 0.686. The van der Waals surface area contributed by atoms with E-state index in [9.17, 15) is 4.79 Å². The van der Waals surface area contributed by atoms with Gasteiger partial charge in [-0.1, -0.05) is 19.3 Å². The molecule has 0 atom stereocenters. The van der Waals surface area contributed by atoms with Gasteiger partial charge in [-0.3, -0.25) is 9.78 Å². The average Bonchev–Trinajstić information content (AvgIpc) is 2.48. The number of anilines is 1. The molecule has 2 N–H and O–H groups in total. The van der Waals surface area contributed by atoms with E-state index in [-0.39, 0.29) is 5.56 Å². The second-order valence-electron chi connectivity index (χ2n) is 6.48. The molecule has 2 aliphatic rings. The third kappa shape index (κ3) is 3.84. The maximum absolute atomic E-state index is 11.5. The summed E-state index contributed by atoms with van der Waals surface area (Å²) in [6, 6.07) is 2.77. The van der Waals surface area contributed by atoms with E-state index >= 15 is 0 Å². The second kappa shape index (κ2) is 6.60. The minimum atomic E-state index is -0.0790. The largest absolute Gasteiger partial charge is 0.353 e. The zero-order chi connectivity index (χ0) is 14.7. The molecule has 0 unspecified atom stereocenters. The molecule has 0 amide bonds. The van der Waals surface area contributed by atoms with Crippen molar-refractivity contribution in [1.82, 2.24) is 14.9 Å². The summed E-state index contributed by atoms with van der Waals surface area (Å²) in [7, 11) is 0. The first-order valence-electron chi connectivity index (χ1n) is 8.29. The molecule has 3 rings (SSSR count). The van der Waals surface area contributed by atoms with Gasteiger partial charge in [0.2, 0.25) is 5.95 Å². The summed E-state index contributed by atoms with van der Waals surface area (Å²) in [5.74, 6) is 0.621. The maximum atomic E-state index is 11.5. The van der Waals surface area contributed by atoms with E-state index in [4.69, 9.17) is 0 Å². The molecule has 5 heteroatoms. The molecule has 1 aliphatic heterocycles. The summed E-state index contributed by atoms with van der Waals surface area (Å²) in [4.78, 5) is 21.3. The van der Waals surface area contributed by atoms with Crippen LogP contribution in [0.3, 0.4) is 0 Å². The molecule has 116 valence electrons. The van der Waals surface area contributed by atoms with Crippen LogP contribution in [0.2, 0.25) is 0 Å². The minimum absolute atomic E-state index is 0.0790. The van der Waals surface area contributed by atoms with Crippen LogP contribution in [0.5, 0.6) is 0 Å². The van der Waals surface area contributed by atoms with Crippen molar-refractivity contribution >= 4 is 5.95 Å². The van der Waals surface area contributed by atoms with Crippen LogP contribution in [-0.2, 0) is 0 Å². The van der Waals surface area contributed by atoms with Crippen LogP contribution < -0.4 is 10.9 Å². The van der Waals surface area contributed by atoms with Crippen molar-refractivity contribution < 1.29 is 0 Å². The summed E-state index contributed by atoms with van der Waals surface area (Å²) in [5, 5.41) is 3.39. The van der Waals surface area contributed by atoms with Gasteiger partial charge in [-0.25, -0.2) is 4.98 Å². The Kier molecular flexibility index (Phi) is 4.58. The second-order valence-corrected chi connectivity index (χ2v) is 6.48. The fourth-order valence-corrected chi connectivity index (χ4v) is 3.70.